The van der Waals surface area contributed by atoms with Crippen molar-refractivity contribution in [1.82, 2.24) is 25.4 Å². The smallest absolute Gasteiger partial charge is 0.419 e. The fraction of sp³-hybridized carbons (Fsp3) is 0.348. The summed E-state index contributed by atoms with van der Waals surface area (Å²) in [5, 5.41) is 11.3. The number of anilines is 1. The third-order valence-corrected chi connectivity index (χ3v) is 10.2. The maximum atomic E-state index is 13.6. The number of amides is 7. The minimum Gasteiger partial charge on any atom is -0.489 e. The molecule has 0 radical (unpaired) electrons. The van der Waals surface area contributed by atoms with Crippen molar-refractivity contribution in [2.24, 2.45) is 11.7 Å². The molecule has 1 unspecified atom stereocenters. The van der Waals surface area contributed by atoms with E-state index in [2.05, 4.69) is 21.3 Å². The highest BCUT2D eigenvalue weighted by atomic mass is 16.6. The van der Waals surface area contributed by atoms with E-state index in [-0.39, 0.29) is 74.9 Å². The molecule has 5 rings (SSSR count). The summed E-state index contributed by atoms with van der Waals surface area (Å²) in [6, 6.07) is 19.8. The molecular weight excluding hydrogens is 827 g/mol. The van der Waals surface area contributed by atoms with Gasteiger partial charge in [0.05, 0.1) is 12.6 Å². The van der Waals surface area contributed by atoms with Gasteiger partial charge in [-0.2, -0.15) is 0 Å². The maximum Gasteiger partial charge on any atom is 0.419 e. The molecule has 6 N–H and O–H groups in total. The highest BCUT2D eigenvalue weighted by Crippen LogP contribution is 2.27. The summed E-state index contributed by atoms with van der Waals surface area (Å²) in [6.45, 7) is 4.01. The van der Waals surface area contributed by atoms with E-state index in [1.54, 1.807) is 56.3 Å². The molecule has 1 aromatic heterocycles. The van der Waals surface area contributed by atoms with Crippen LogP contribution in [-0.2, 0) is 46.7 Å². The lowest BCUT2D eigenvalue weighted by atomic mass is 10.0. The number of carbonyl (C=O) groups excluding carboxylic acids is 8. The number of methoxy groups -OCH3 is 1. The zero-order valence-corrected chi connectivity index (χ0v) is 35.9. The Kier molecular flexibility index (Phi) is 17.2. The second kappa shape index (κ2) is 23.1. The van der Waals surface area contributed by atoms with Gasteiger partial charge in [-0.15, -0.1) is 0 Å². The average molecular weight is 880 g/mol. The molecule has 2 atom stereocenters. The van der Waals surface area contributed by atoms with Crippen LogP contribution in [0.15, 0.2) is 91.0 Å². The quantitative estimate of drug-likeness (QED) is 0.0412. The zero-order chi connectivity index (χ0) is 46.2. The van der Waals surface area contributed by atoms with Crippen LogP contribution >= 0.6 is 0 Å². The number of nitrogens with zero attached hydrogens (tertiary/aromatic N) is 2. The number of imide groups is 1. The Morgan fingerprint density at radius 1 is 0.766 bits per heavy atom. The van der Waals surface area contributed by atoms with Gasteiger partial charge in [0.1, 0.15) is 36.7 Å². The van der Waals surface area contributed by atoms with E-state index in [4.69, 9.17) is 19.9 Å². The second-order valence-electron chi connectivity index (χ2n) is 15.3. The summed E-state index contributed by atoms with van der Waals surface area (Å²) in [4.78, 5) is 102. The van der Waals surface area contributed by atoms with Crippen LogP contribution in [0.4, 0.5) is 15.3 Å². The molecule has 4 aromatic rings. The fourth-order valence-corrected chi connectivity index (χ4v) is 6.80. The van der Waals surface area contributed by atoms with Crippen molar-refractivity contribution < 1.29 is 52.6 Å². The number of aromatic nitrogens is 1. The number of primary amides is 1. The van der Waals surface area contributed by atoms with Crippen molar-refractivity contribution in [2.75, 3.05) is 25.5 Å². The van der Waals surface area contributed by atoms with Crippen LogP contribution in [0.1, 0.15) is 74.0 Å². The third kappa shape index (κ3) is 13.5. The van der Waals surface area contributed by atoms with E-state index in [1.807, 2.05) is 30.3 Å². The van der Waals surface area contributed by atoms with Crippen LogP contribution in [0.25, 0.3) is 10.9 Å². The van der Waals surface area contributed by atoms with Crippen molar-refractivity contribution in [2.45, 2.75) is 77.7 Å². The Balaban J connectivity index is 1.18. The largest absolute Gasteiger partial charge is 0.489 e. The van der Waals surface area contributed by atoms with E-state index in [0.29, 0.717) is 47.2 Å². The van der Waals surface area contributed by atoms with Gasteiger partial charge in [-0.25, -0.2) is 19.0 Å². The molecule has 0 bridgehead atoms. The van der Waals surface area contributed by atoms with Gasteiger partial charge < -0.3 is 41.2 Å². The fourth-order valence-electron chi connectivity index (χ4n) is 6.80. The number of rotatable bonds is 22. The number of esters is 1. The number of hydrogen-bond acceptors (Lipinski definition) is 11. The van der Waals surface area contributed by atoms with Crippen LogP contribution in [0.2, 0.25) is 0 Å². The third-order valence-electron chi connectivity index (χ3n) is 10.2. The highest BCUT2D eigenvalue weighted by Gasteiger charge is 2.29. The van der Waals surface area contributed by atoms with E-state index in [1.165, 1.54) is 25.3 Å². The molecule has 0 saturated heterocycles. The van der Waals surface area contributed by atoms with Crippen molar-refractivity contribution >= 4 is 64.2 Å². The number of ether oxygens (including phenoxy) is 3. The van der Waals surface area contributed by atoms with Crippen LogP contribution in [0.3, 0.4) is 0 Å². The summed E-state index contributed by atoms with van der Waals surface area (Å²) in [7, 11) is 1.21. The summed E-state index contributed by atoms with van der Waals surface area (Å²) < 4.78 is 17.6. The Hall–Kier alpha value is -7.50. The standard InChI is InChI=1S/C46H53N7O11/c1-29(2)41(51-38(54)14-8-5-9-24-52-39(55)21-22-40(52)56)43(58)50-35(13-10-23-48-45(47)60)42(57)49-33-18-15-31(16-19-33)28-64-46(61)53-36-26-34(63-27-30-11-6-4-7-12-30)20-17-32(36)25-37(53)44(59)62-3/h4,6-7,11-12,15-22,25-26,29,35,41H,5,8-10,13-14,23-24,27-28H2,1-3H3,(H,49,57)(H,50,58)(H,51,54)(H3,47,48,60)/t35-,41?/m0/s1. The summed E-state index contributed by atoms with van der Waals surface area (Å²) in [5.41, 5.74) is 7.41. The number of fused-ring (bicyclic) bond motifs is 1. The van der Waals surface area contributed by atoms with Gasteiger partial charge in [-0.3, -0.25) is 28.9 Å². The van der Waals surface area contributed by atoms with Gasteiger partial charge in [0.2, 0.25) is 17.7 Å². The van der Waals surface area contributed by atoms with Crippen LogP contribution in [0, 0.1) is 5.92 Å². The molecule has 18 nitrogen and oxygen atoms in total. The molecule has 64 heavy (non-hydrogen) atoms. The zero-order valence-electron chi connectivity index (χ0n) is 35.9. The normalized spacial score (nSPS) is 13.0. The molecule has 2 heterocycles. The van der Waals surface area contributed by atoms with Crippen molar-refractivity contribution in [3.05, 3.63) is 108 Å². The number of benzene rings is 3. The molecule has 0 spiro atoms. The van der Waals surface area contributed by atoms with Crippen LogP contribution < -0.4 is 31.7 Å². The second-order valence-corrected chi connectivity index (χ2v) is 15.3. The molecule has 1 aliphatic rings. The van der Waals surface area contributed by atoms with Gasteiger partial charge in [-0.1, -0.05) is 62.7 Å². The monoisotopic (exact) mass is 879 g/mol. The summed E-state index contributed by atoms with van der Waals surface area (Å²) in [5.74, 6) is -2.84. The first-order chi connectivity index (χ1) is 30.7. The molecular formula is C46H53N7O11. The Labute approximate surface area is 369 Å². The molecule has 338 valence electrons. The van der Waals surface area contributed by atoms with Gasteiger partial charge in [0.15, 0.2) is 0 Å². The van der Waals surface area contributed by atoms with Gasteiger partial charge >= 0.3 is 18.1 Å². The van der Waals surface area contributed by atoms with E-state index < -0.39 is 42.0 Å². The first kappa shape index (κ1) is 47.5. The Morgan fingerprint density at radius 3 is 2.14 bits per heavy atom. The van der Waals surface area contributed by atoms with Gasteiger partial charge in [0, 0.05) is 48.8 Å². The van der Waals surface area contributed by atoms with Crippen molar-refractivity contribution in [3.8, 4) is 5.75 Å². The minimum absolute atomic E-state index is 0.0345. The molecule has 1 aliphatic heterocycles. The van der Waals surface area contributed by atoms with E-state index in [0.717, 1.165) is 15.0 Å². The Morgan fingerprint density at radius 2 is 1.47 bits per heavy atom. The lowest BCUT2D eigenvalue weighted by Gasteiger charge is -2.25. The number of unbranched alkanes of at least 4 members (excludes halogenated alkanes) is 2. The lowest BCUT2D eigenvalue weighted by Crippen LogP contribution is -2.54. The average Bonchev–Trinajstić information content (AvgIpc) is 3.82. The number of urea groups is 1. The predicted octanol–water partition coefficient (Wildman–Crippen LogP) is 4.69. The topological polar surface area (TPSA) is 247 Å². The molecule has 0 saturated carbocycles. The maximum absolute atomic E-state index is 13.6. The van der Waals surface area contributed by atoms with E-state index >= 15 is 0 Å². The highest BCUT2D eigenvalue weighted by molar-refractivity contribution is 6.12. The molecule has 0 aliphatic carbocycles. The SMILES string of the molecule is COC(=O)c1cc2ccc(OCc3ccccc3)cc2n1C(=O)OCc1ccc(NC(=O)[C@H](CCCNC(N)=O)NC(=O)C(NC(=O)CCCCCN2C(=O)C=CC2=O)C(C)C)cc1. The minimum atomic E-state index is -1.07. The van der Waals surface area contributed by atoms with Gasteiger partial charge in [-0.05, 0) is 73.1 Å². The predicted molar refractivity (Wildman–Crippen MR) is 235 cm³/mol. The number of carbonyl (C=O) groups is 8. The van der Waals surface area contributed by atoms with E-state index in [9.17, 15) is 38.4 Å². The number of nitrogens with one attached hydrogen (secondary N) is 4. The lowest BCUT2D eigenvalue weighted by molar-refractivity contribution is -0.137. The molecule has 3 aromatic carbocycles. The summed E-state index contributed by atoms with van der Waals surface area (Å²) >= 11 is 0. The number of nitrogens with two attached hydrogens (primary N) is 1. The van der Waals surface area contributed by atoms with Crippen molar-refractivity contribution in [1.29, 1.82) is 0 Å². The first-order valence-corrected chi connectivity index (χ1v) is 20.9. The Bertz CT molecular complexity index is 2340. The molecule has 0 fully saturated rings. The van der Waals surface area contributed by atoms with Gasteiger partial charge in [0.25, 0.3) is 11.8 Å². The van der Waals surface area contributed by atoms with Crippen molar-refractivity contribution in [3.63, 3.8) is 0 Å². The first-order valence-electron chi connectivity index (χ1n) is 20.9. The number of hydrogen-bond donors (Lipinski definition) is 5. The summed E-state index contributed by atoms with van der Waals surface area (Å²) in [6.07, 6.45) is 3.68. The molecule has 18 heteroatoms. The van der Waals surface area contributed by atoms with Crippen LogP contribution in [0.5, 0.6) is 5.75 Å². The molecule has 7 amide bonds. The van der Waals surface area contributed by atoms with Crippen LogP contribution in [-0.4, -0.2) is 89.4 Å².